The second-order valence-electron chi connectivity index (χ2n) is 7.28. The van der Waals surface area contributed by atoms with Crippen molar-refractivity contribution in [3.05, 3.63) is 94.0 Å². The minimum atomic E-state index is -0.273. The fourth-order valence-corrected chi connectivity index (χ4v) is 3.69. The summed E-state index contributed by atoms with van der Waals surface area (Å²) in [7, 11) is 0. The average molecular weight is 402 g/mol. The van der Waals surface area contributed by atoms with E-state index in [1.54, 1.807) is 23.0 Å². The molecule has 0 aliphatic carbocycles. The number of rotatable bonds is 4. The number of hydrogen-bond donors (Lipinski definition) is 1. The Kier molecular flexibility index (Phi) is 4.68. The molecule has 4 aromatic rings. The van der Waals surface area contributed by atoms with Gasteiger partial charge in [-0.2, -0.15) is 5.10 Å². The molecule has 30 heavy (non-hydrogen) atoms. The lowest BCUT2D eigenvalue weighted by Crippen LogP contribution is -2.35. The Morgan fingerprint density at radius 1 is 1.13 bits per heavy atom. The van der Waals surface area contributed by atoms with Gasteiger partial charge in [-0.1, -0.05) is 6.07 Å². The quantitative estimate of drug-likeness (QED) is 0.568. The van der Waals surface area contributed by atoms with Gasteiger partial charge in [0.15, 0.2) is 5.82 Å². The van der Waals surface area contributed by atoms with E-state index in [9.17, 15) is 9.18 Å². The Bertz CT molecular complexity index is 1230. The van der Waals surface area contributed by atoms with Crippen molar-refractivity contribution in [1.29, 1.82) is 0 Å². The number of aromatic amines is 1. The standard InChI is InChI=1S/C22H19FN6O/c23-16-4-6-17(7-5-16)29-13-15(11-25-29)12-28-10-8-18-20(14-28)26-21(27-22(18)30)19-3-1-2-9-24-19/h1-7,9,11,13H,8,10,12,14H2,(H,26,27,30). The van der Waals surface area contributed by atoms with Crippen LogP contribution in [0.5, 0.6) is 0 Å². The van der Waals surface area contributed by atoms with Crippen LogP contribution in [0, 0.1) is 5.82 Å². The first-order valence-electron chi connectivity index (χ1n) is 9.71. The number of benzene rings is 1. The van der Waals surface area contributed by atoms with E-state index in [4.69, 9.17) is 0 Å². The van der Waals surface area contributed by atoms with Gasteiger partial charge in [-0.05, 0) is 42.8 Å². The van der Waals surface area contributed by atoms with Crippen molar-refractivity contribution in [3.8, 4) is 17.2 Å². The van der Waals surface area contributed by atoms with Crippen LogP contribution in [0.4, 0.5) is 4.39 Å². The summed E-state index contributed by atoms with van der Waals surface area (Å²) in [6.07, 6.45) is 6.07. The number of H-pyrrole nitrogens is 1. The molecule has 4 heterocycles. The summed E-state index contributed by atoms with van der Waals surface area (Å²) in [5.74, 6) is 0.219. The van der Waals surface area contributed by atoms with Gasteiger partial charge in [0, 0.05) is 43.2 Å². The zero-order valence-electron chi connectivity index (χ0n) is 16.1. The molecule has 0 saturated heterocycles. The van der Waals surface area contributed by atoms with Gasteiger partial charge in [-0.3, -0.25) is 14.7 Å². The molecule has 0 atom stereocenters. The Balaban J connectivity index is 1.35. The summed E-state index contributed by atoms with van der Waals surface area (Å²) < 4.78 is 14.9. The summed E-state index contributed by atoms with van der Waals surface area (Å²) in [5.41, 5.74) is 3.93. The van der Waals surface area contributed by atoms with Gasteiger partial charge in [-0.25, -0.2) is 14.1 Å². The highest BCUT2D eigenvalue weighted by Crippen LogP contribution is 2.19. The second-order valence-corrected chi connectivity index (χ2v) is 7.28. The molecule has 0 bridgehead atoms. The lowest BCUT2D eigenvalue weighted by Gasteiger charge is -2.27. The highest BCUT2D eigenvalue weighted by Gasteiger charge is 2.22. The van der Waals surface area contributed by atoms with Gasteiger partial charge in [0.05, 0.1) is 17.6 Å². The normalized spacial score (nSPS) is 13.9. The van der Waals surface area contributed by atoms with Crippen LogP contribution in [0.1, 0.15) is 16.8 Å². The Labute approximate surface area is 171 Å². The molecule has 1 aliphatic heterocycles. The summed E-state index contributed by atoms with van der Waals surface area (Å²) in [4.78, 5) is 26.6. The van der Waals surface area contributed by atoms with Crippen LogP contribution < -0.4 is 5.56 Å². The van der Waals surface area contributed by atoms with Crippen LogP contribution in [-0.2, 0) is 19.5 Å². The van der Waals surface area contributed by atoms with Crippen molar-refractivity contribution in [2.45, 2.75) is 19.5 Å². The molecule has 0 amide bonds. The van der Waals surface area contributed by atoms with Gasteiger partial charge in [0.1, 0.15) is 11.5 Å². The minimum Gasteiger partial charge on any atom is -0.305 e. The lowest BCUT2D eigenvalue weighted by atomic mass is 10.1. The van der Waals surface area contributed by atoms with Crippen LogP contribution >= 0.6 is 0 Å². The fraction of sp³-hybridized carbons (Fsp3) is 0.182. The third-order valence-corrected chi connectivity index (χ3v) is 5.19. The molecule has 0 radical (unpaired) electrons. The monoisotopic (exact) mass is 402 g/mol. The first-order chi connectivity index (χ1) is 14.7. The molecule has 0 fully saturated rings. The third kappa shape index (κ3) is 3.65. The molecule has 150 valence electrons. The smallest absolute Gasteiger partial charge is 0.254 e. The SMILES string of the molecule is O=c1[nH]c(-c2ccccn2)nc2c1CCN(Cc1cnn(-c3ccc(F)cc3)c1)C2. The van der Waals surface area contributed by atoms with E-state index in [0.717, 1.165) is 29.1 Å². The number of fused-ring (bicyclic) bond motifs is 1. The zero-order chi connectivity index (χ0) is 20.5. The van der Waals surface area contributed by atoms with E-state index in [0.29, 0.717) is 31.0 Å². The van der Waals surface area contributed by atoms with Gasteiger partial charge < -0.3 is 4.98 Å². The molecule has 0 unspecified atom stereocenters. The van der Waals surface area contributed by atoms with Crippen molar-refractivity contribution >= 4 is 0 Å². The largest absolute Gasteiger partial charge is 0.305 e. The summed E-state index contributed by atoms with van der Waals surface area (Å²) in [5, 5.41) is 4.38. The maximum atomic E-state index is 13.1. The fourth-order valence-electron chi connectivity index (χ4n) is 3.69. The van der Waals surface area contributed by atoms with Gasteiger partial charge in [-0.15, -0.1) is 0 Å². The molecular formula is C22H19FN6O. The van der Waals surface area contributed by atoms with Crippen LogP contribution in [-0.4, -0.2) is 36.2 Å². The van der Waals surface area contributed by atoms with Crippen molar-refractivity contribution in [2.24, 2.45) is 0 Å². The second kappa shape index (κ2) is 7.64. The molecule has 0 spiro atoms. The van der Waals surface area contributed by atoms with Crippen LogP contribution in [0.25, 0.3) is 17.2 Å². The van der Waals surface area contributed by atoms with Gasteiger partial charge in [0.2, 0.25) is 0 Å². The molecule has 3 aromatic heterocycles. The maximum absolute atomic E-state index is 13.1. The molecule has 1 aliphatic rings. The average Bonchev–Trinajstić information content (AvgIpc) is 3.23. The Hall–Kier alpha value is -3.65. The van der Waals surface area contributed by atoms with E-state index in [1.807, 2.05) is 30.6 Å². The molecule has 7 nitrogen and oxygen atoms in total. The highest BCUT2D eigenvalue weighted by atomic mass is 19.1. The predicted octanol–water partition coefficient (Wildman–Crippen LogP) is 2.72. The van der Waals surface area contributed by atoms with Crippen LogP contribution in [0.2, 0.25) is 0 Å². The number of halogens is 1. The summed E-state index contributed by atoms with van der Waals surface area (Å²) >= 11 is 0. The van der Waals surface area contributed by atoms with Gasteiger partial charge >= 0.3 is 0 Å². The van der Waals surface area contributed by atoms with Crippen molar-refractivity contribution in [1.82, 2.24) is 29.6 Å². The highest BCUT2D eigenvalue weighted by molar-refractivity contribution is 5.49. The van der Waals surface area contributed by atoms with E-state index in [-0.39, 0.29) is 11.4 Å². The third-order valence-electron chi connectivity index (χ3n) is 5.19. The van der Waals surface area contributed by atoms with Crippen molar-refractivity contribution in [2.75, 3.05) is 6.54 Å². The predicted molar refractivity (Wildman–Crippen MR) is 109 cm³/mol. The Morgan fingerprint density at radius 3 is 2.80 bits per heavy atom. The first kappa shape index (κ1) is 18.4. The molecule has 0 saturated carbocycles. The molecular weight excluding hydrogens is 383 g/mol. The topological polar surface area (TPSA) is 79.7 Å². The summed E-state index contributed by atoms with van der Waals surface area (Å²) in [6.45, 7) is 2.04. The number of hydrogen-bond acceptors (Lipinski definition) is 5. The summed E-state index contributed by atoms with van der Waals surface area (Å²) in [6, 6.07) is 11.7. The molecule has 5 rings (SSSR count). The minimum absolute atomic E-state index is 0.0931. The van der Waals surface area contributed by atoms with Crippen LogP contribution in [0.15, 0.2) is 65.8 Å². The van der Waals surface area contributed by atoms with Gasteiger partial charge in [0.25, 0.3) is 5.56 Å². The lowest BCUT2D eigenvalue weighted by molar-refractivity contribution is 0.240. The van der Waals surface area contributed by atoms with E-state index < -0.39 is 0 Å². The van der Waals surface area contributed by atoms with Crippen LogP contribution in [0.3, 0.4) is 0 Å². The zero-order valence-corrected chi connectivity index (χ0v) is 16.1. The number of nitrogens with zero attached hydrogens (tertiary/aromatic N) is 5. The Morgan fingerprint density at radius 2 is 2.00 bits per heavy atom. The van der Waals surface area contributed by atoms with Crippen molar-refractivity contribution < 1.29 is 4.39 Å². The number of pyridine rings is 1. The molecule has 8 heteroatoms. The molecule has 1 N–H and O–H groups in total. The number of aromatic nitrogens is 5. The van der Waals surface area contributed by atoms with E-state index in [1.165, 1.54) is 12.1 Å². The number of nitrogens with one attached hydrogen (secondary N) is 1. The molecule has 1 aromatic carbocycles. The van der Waals surface area contributed by atoms with E-state index in [2.05, 4.69) is 25.0 Å². The first-order valence-corrected chi connectivity index (χ1v) is 9.71. The van der Waals surface area contributed by atoms with E-state index >= 15 is 0 Å². The van der Waals surface area contributed by atoms with Crippen molar-refractivity contribution in [3.63, 3.8) is 0 Å². The maximum Gasteiger partial charge on any atom is 0.254 e.